The van der Waals surface area contributed by atoms with E-state index in [1.54, 1.807) is 0 Å². The van der Waals surface area contributed by atoms with Gasteiger partial charge in [0, 0.05) is 6.54 Å². The second-order valence-electron chi connectivity index (χ2n) is 4.44. The van der Waals surface area contributed by atoms with Crippen molar-refractivity contribution in [3.63, 3.8) is 0 Å². The van der Waals surface area contributed by atoms with Crippen molar-refractivity contribution in [2.24, 2.45) is 0 Å². The normalized spacial score (nSPS) is 10.4. The average Bonchev–Trinajstić information content (AvgIpc) is 2.49. The maximum Gasteiger partial charge on any atom is 0.0999 e. The minimum atomic E-state index is 0.604. The van der Waals surface area contributed by atoms with Crippen LogP contribution >= 0.6 is 0 Å². The van der Waals surface area contributed by atoms with Crippen molar-refractivity contribution in [2.45, 2.75) is 26.9 Å². The largest absolute Gasteiger partial charge is 0.269 e. The first-order valence-corrected chi connectivity index (χ1v) is 6.87. The van der Waals surface area contributed by atoms with Crippen molar-refractivity contribution < 1.29 is 4.84 Å². The molecule has 2 heteroatoms. The van der Waals surface area contributed by atoms with E-state index in [2.05, 4.69) is 50.2 Å². The molecule has 0 radical (unpaired) electrons. The van der Waals surface area contributed by atoms with Crippen LogP contribution < -0.4 is 5.06 Å². The quantitative estimate of drug-likeness (QED) is 0.717. The van der Waals surface area contributed by atoms with Gasteiger partial charge in [0.25, 0.3) is 0 Å². The molecule has 0 aliphatic heterocycles. The smallest absolute Gasteiger partial charge is 0.0999 e. The molecule has 2 aromatic rings. The van der Waals surface area contributed by atoms with E-state index < -0.39 is 0 Å². The van der Waals surface area contributed by atoms with Gasteiger partial charge in [-0.15, -0.1) is 0 Å². The molecule has 0 amide bonds. The maximum atomic E-state index is 5.94. The lowest BCUT2D eigenvalue weighted by atomic mass is 10.1. The second kappa shape index (κ2) is 6.95. The lowest BCUT2D eigenvalue weighted by Gasteiger charge is -2.24. The van der Waals surface area contributed by atoms with Gasteiger partial charge in [-0.3, -0.25) is 9.90 Å². The van der Waals surface area contributed by atoms with Gasteiger partial charge in [-0.25, -0.2) is 0 Å². The molecule has 0 aliphatic rings. The molecular weight excluding hydrogens is 234 g/mol. The summed E-state index contributed by atoms with van der Waals surface area (Å²) in [6.07, 6.45) is 1.02. The molecule has 0 fully saturated rings. The fourth-order valence-electron chi connectivity index (χ4n) is 2.11. The summed E-state index contributed by atoms with van der Waals surface area (Å²) in [6, 6.07) is 18.7. The summed E-state index contributed by atoms with van der Waals surface area (Å²) < 4.78 is 0. The van der Waals surface area contributed by atoms with Gasteiger partial charge in [-0.05, 0) is 30.5 Å². The molecule has 0 atom stereocenters. The minimum Gasteiger partial charge on any atom is -0.269 e. The van der Waals surface area contributed by atoms with Gasteiger partial charge in [0.2, 0.25) is 0 Å². The Labute approximate surface area is 115 Å². The molecule has 0 aromatic heterocycles. The molecule has 2 rings (SSSR count). The Morgan fingerprint density at radius 1 is 0.895 bits per heavy atom. The summed E-state index contributed by atoms with van der Waals surface area (Å²) in [5, 5.41) is 1.98. The lowest BCUT2D eigenvalue weighted by Crippen LogP contribution is -2.24. The van der Waals surface area contributed by atoms with Gasteiger partial charge in [0.1, 0.15) is 0 Å². The van der Waals surface area contributed by atoms with Crippen LogP contribution in [0.4, 0.5) is 5.69 Å². The van der Waals surface area contributed by atoms with E-state index in [1.165, 1.54) is 16.8 Å². The van der Waals surface area contributed by atoms with Gasteiger partial charge in [-0.1, -0.05) is 55.5 Å². The van der Waals surface area contributed by atoms with E-state index in [-0.39, 0.29) is 0 Å². The number of benzene rings is 2. The zero-order valence-electron chi connectivity index (χ0n) is 11.7. The third-order valence-electron chi connectivity index (χ3n) is 3.16. The number of aryl methyl sites for hydroxylation is 1. The van der Waals surface area contributed by atoms with Crippen molar-refractivity contribution in [1.29, 1.82) is 0 Å². The molecule has 0 aliphatic carbocycles. The van der Waals surface area contributed by atoms with Gasteiger partial charge >= 0.3 is 0 Å². The monoisotopic (exact) mass is 255 g/mol. The van der Waals surface area contributed by atoms with Crippen LogP contribution in [0.15, 0.2) is 54.6 Å². The minimum absolute atomic E-state index is 0.604. The predicted octanol–water partition coefficient (Wildman–Crippen LogP) is 4.21. The molecular formula is C17H21NO. The van der Waals surface area contributed by atoms with E-state index in [4.69, 9.17) is 4.84 Å². The van der Waals surface area contributed by atoms with Crippen molar-refractivity contribution in [3.05, 3.63) is 65.7 Å². The average molecular weight is 255 g/mol. The Morgan fingerprint density at radius 3 is 2.26 bits per heavy atom. The Hall–Kier alpha value is -1.80. The summed E-state index contributed by atoms with van der Waals surface area (Å²) in [7, 11) is 0. The number of hydroxylamine groups is 1. The third-order valence-corrected chi connectivity index (χ3v) is 3.16. The predicted molar refractivity (Wildman–Crippen MR) is 80.1 cm³/mol. The molecule has 0 bridgehead atoms. The van der Waals surface area contributed by atoms with E-state index in [1.807, 2.05) is 23.3 Å². The number of para-hydroxylation sites is 1. The van der Waals surface area contributed by atoms with Gasteiger partial charge in [0.15, 0.2) is 0 Å². The molecule has 0 spiro atoms. The number of rotatable bonds is 6. The fourth-order valence-corrected chi connectivity index (χ4v) is 2.11. The van der Waals surface area contributed by atoms with Crippen LogP contribution in [-0.2, 0) is 17.9 Å². The number of anilines is 1. The molecule has 0 saturated carbocycles. The first kappa shape index (κ1) is 13.6. The molecule has 0 N–H and O–H groups in total. The van der Waals surface area contributed by atoms with Gasteiger partial charge < -0.3 is 0 Å². The Kier molecular flexibility index (Phi) is 4.99. The summed E-state index contributed by atoms with van der Waals surface area (Å²) in [6.45, 7) is 5.72. The molecule has 0 unspecified atom stereocenters. The summed E-state index contributed by atoms with van der Waals surface area (Å²) in [5.74, 6) is 0. The van der Waals surface area contributed by atoms with Crippen LogP contribution in [0.25, 0.3) is 0 Å². The van der Waals surface area contributed by atoms with Crippen LogP contribution in [-0.4, -0.2) is 6.54 Å². The molecule has 0 saturated heterocycles. The van der Waals surface area contributed by atoms with Gasteiger partial charge in [0.05, 0.1) is 12.3 Å². The van der Waals surface area contributed by atoms with E-state index in [0.717, 1.165) is 13.0 Å². The maximum absolute atomic E-state index is 5.94. The highest BCUT2D eigenvalue weighted by Crippen LogP contribution is 2.21. The van der Waals surface area contributed by atoms with Gasteiger partial charge in [-0.2, -0.15) is 0 Å². The Balaban J connectivity index is 2.08. The van der Waals surface area contributed by atoms with Crippen LogP contribution in [0.1, 0.15) is 25.0 Å². The zero-order valence-corrected chi connectivity index (χ0v) is 11.7. The highest BCUT2D eigenvalue weighted by molar-refractivity contribution is 5.51. The van der Waals surface area contributed by atoms with Crippen molar-refractivity contribution in [1.82, 2.24) is 0 Å². The standard InChI is InChI=1S/C17H21NO/c1-3-16-12-8-9-13-17(16)18(4-2)19-14-15-10-6-5-7-11-15/h5-13H,3-4,14H2,1-2H3. The molecule has 0 heterocycles. The van der Waals surface area contributed by atoms with E-state index in [9.17, 15) is 0 Å². The number of hydrogen-bond donors (Lipinski definition) is 0. The summed E-state index contributed by atoms with van der Waals surface area (Å²) in [5.41, 5.74) is 3.68. The highest BCUT2D eigenvalue weighted by Gasteiger charge is 2.08. The van der Waals surface area contributed by atoms with Crippen LogP contribution in [0.5, 0.6) is 0 Å². The Bertz CT molecular complexity index is 496. The number of nitrogens with zero attached hydrogens (tertiary/aromatic N) is 1. The van der Waals surface area contributed by atoms with Crippen LogP contribution in [0.2, 0.25) is 0 Å². The number of hydrogen-bond acceptors (Lipinski definition) is 2. The summed E-state index contributed by atoms with van der Waals surface area (Å²) >= 11 is 0. The van der Waals surface area contributed by atoms with Crippen molar-refractivity contribution in [2.75, 3.05) is 11.6 Å². The summed E-state index contributed by atoms with van der Waals surface area (Å²) in [4.78, 5) is 5.94. The van der Waals surface area contributed by atoms with E-state index >= 15 is 0 Å². The topological polar surface area (TPSA) is 12.5 Å². The molecule has 2 nitrogen and oxygen atoms in total. The molecule has 2 aromatic carbocycles. The van der Waals surface area contributed by atoms with Crippen LogP contribution in [0.3, 0.4) is 0 Å². The van der Waals surface area contributed by atoms with Crippen molar-refractivity contribution in [3.8, 4) is 0 Å². The third kappa shape index (κ3) is 3.58. The molecule has 19 heavy (non-hydrogen) atoms. The second-order valence-corrected chi connectivity index (χ2v) is 4.44. The van der Waals surface area contributed by atoms with E-state index in [0.29, 0.717) is 6.61 Å². The van der Waals surface area contributed by atoms with Crippen molar-refractivity contribution >= 4 is 5.69 Å². The zero-order chi connectivity index (χ0) is 13.5. The molecule has 100 valence electrons. The fraction of sp³-hybridized carbons (Fsp3) is 0.294. The first-order chi connectivity index (χ1) is 9.35. The SMILES string of the molecule is CCc1ccccc1N(CC)OCc1ccccc1. The van der Waals surface area contributed by atoms with Crippen LogP contribution in [0, 0.1) is 0 Å². The lowest BCUT2D eigenvalue weighted by molar-refractivity contribution is 0.0969. The Morgan fingerprint density at radius 2 is 1.58 bits per heavy atom. The first-order valence-electron chi connectivity index (χ1n) is 6.87. The highest BCUT2D eigenvalue weighted by atomic mass is 16.7.